The number of hydrogen-bond donors (Lipinski definition) is 2. The Labute approximate surface area is 187 Å². The van der Waals surface area contributed by atoms with Gasteiger partial charge in [-0.1, -0.05) is 41.4 Å². The van der Waals surface area contributed by atoms with Gasteiger partial charge in [0.05, 0.1) is 6.61 Å². The number of piperidine rings is 1. The van der Waals surface area contributed by atoms with E-state index < -0.39 is 5.66 Å². The van der Waals surface area contributed by atoms with Crippen molar-refractivity contribution in [3.8, 4) is 5.75 Å². The van der Waals surface area contributed by atoms with Gasteiger partial charge in [0.1, 0.15) is 11.4 Å². The van der Waals surface area contributed by atoms with Crippen LogP contribution in [0.1, 0.15) is 48.9 Å². The molecule has 2 aliphatic rings. The molecule has 164 valence electrons. The lowest BCUT2D eigenvalue weighted by Gasteiger charge is -2.45. The van der Waals surface area contributed by atoms with E-state index >= 15 is 0 Å². The number of aliphatic imine (C=N–C) groups is 1. The molecule has 2 heterocycles. The zero-order chi connectivity index (χ0) is 22.0. The highest BCUT2D eigenvalue weighted by Crippen LogP contribution is 2.38. The Kier molecular flexibility index (Phi) is 6.21. The fraction of sp³-hybridized carbons (Fsp3) is 0.417. The number of phenols is 1. The molecule has 0 unspecified atom stereocenters. The molecule has 2 aromatic carbocycles. The highest BCUT2D eigenvalue weighted by atomic mass is 35.5. The third kappa shape index (κ3) is 4.70. The number of hydrogen-bond acceptors (Lipinski definition) is 5. The fourth-order valence-electron chi connectivity index (χ4n) is 4.36. The van der Waals surface area contributed by atoms with Crippen LogP contribution in [0, 0.1) is 6.92 Å². The van der Waals surface area contributed by atoms with Crippen LogP contribution >= 0.6 is 11.6 Å². The normalized spacial score (nSPS) is 20.4. The molecule has 2 aliphatic heterocycles. The van der Waals surface area contributed by atoms with E-state index in [1.807, 2.05) is 13.0 Å². The molecule has 4 rings (SSSR count). The van der Waals surface area contributed by atoms with Gasteiger partial charge in [0, 0.05) is 54.7 Å². The van der Waals surface area contributed by atoms with Crippen LogP contribution in [0.5, 0.6) is 5.75 Å². The number of aryl methyl sites for hydroxylation is 1. The molecular weight excluding hydrogens is 414 g/mol. The average Bonchev–Trinajstić information content (AvgIpc) is 2.76. The molecule has 0 aromatic heterocycles. The van der Waals surface area contributed by atoms with Crippen LogP contribution < -0.4 is 5.32 Å². The Balaban J connectivity index is 1.66. The summed E-state index contributed by atoms with van der Waals surface area (Å²) in [6.07, 6.45) is 1.69. The van der Waals surface area contributed by atoms with E-state index in [9.17, 15) is 9.90 Å². The highest BCUT2D eigenvalue weighted by Gasteiger charge is 2.41. The maximum atomic E-state index is 12.2. The Bertz CT molecular complexity index is 982. The van der Waals surface area contributed by atoms with Crippen LogP contribution in [0.2, 0.25) is 5.02 Å². The summed E-state index contributed by atoms with van der Waals surface area (Å²) in [5.41, 5.74) is 3.51. The lowest BCUT2D eigenvalue weighted by Crippen LogP contribution is -2.56. The number of nitrogens with one attached hydrogen (secondary N) is 1. The van der Waals surface area contributed by atoms with Crippen LogP contribution in [-0.2, 0) is 4.74 Å². The summed E-state index contributed by atoms with van der Waals surface area (Å²) in [5, 5.41) is 14.8. The number of phenolic OH excluding ortho intramolecular Hbond substituents is 1. The first kappa shape index (κ1) is 21.7. The number of ether oxygens (including phenoxy) is 1. The number of aromatic hydroxyl groups is 1. The number of carbonyl (C=O) groups is 1. The number of likely N-dealkylation sites (tertiary alicyclic amines) is 1. The molecule has 0 bridgehead atoms. The van der Waals surface area contributed by atoms with Crippen LogP contribution in [0.15, 0.2) is 47.5 Å². The van der Waals surface area contributed by atoms with Gasteiger partial charge in [-0.15, -0.1) is 0 Å². The second kappa shape index (κ2) is 8.89. The molecule has 0 radical (unpaired) electrons. The molecule has 6 nitrogen and oxygen atoms in total. The van der Waals surface area contributed by atoms with Gasteiger partial charge in [-0.2, -0.15) is 0 Å². The van der Waals surface area contributed by atoms with Gasteiger partial charge < -0.3 is 14.7 Å². The van der Waals surface area contributed by atoms with E-state index in [-0.39, 0.29) is 17.9 Å². The van der Waals surface area contributed by atoms with Crippen LogP contribution in [0.4, 0.5) is 4.79 Å². The summed E-state index contributed by atoms with van der Waals surface area (Å²) in [4.78, 5) is 19.0. The summed E-state index contributed by atoms with van der Waals surface area (Å²) >= 11 is 6.24. The standard InChI is InChI=1S/C24H28ClN3O3/c1-3-31-23(30)28-12-10-24(11-13-28)26-20(17-6-4-16(2)5-7-17)15-21(27-24)19-14-18(25)8-9-22(19)29/h4-9,14,21,27,29H,3,10-13,15H2,1-2H3/t21-/m1/s1. The van der Waals surface area contributed by atoms with E-state index in [4.69, 9.17) is 21.3 Å². The van der Waals surface area contributed by atoms with Gasteiger partial charge in [-0.05, 0) is 37.6 Å². The van der Waals surface area contributed by atoms with Crippen molar-refractivity contribution < 1.29 is 14.6 Å². The number of halogens is 1. The smallest absolute Gasteiger partial charge is 0.409 e. The molecule has 0 saturated carbocycles. The molecule has 1 fully saturated rings. The van der Waals surface area contributed by atoms with Crippen LogP contribution in [-0.4, -0.2) is 47.2 Å². The molecule has 2 N–H and O–H groups in total. The van der Waals surface area contributed by atoms with Gasteiger partial charge in [0.25, 0.3) is 0 Å². The molecule has 7 heteroatoms. The van der Waals surface area contributed by atoms with Crippen molar-refractivity contribution in [1.29, 1.82) is 0 Å². The first-order chi connectivity index (χ1) is 14.9. The quantitative estimate of drug-likeness (QED) is 0.715. The summed E-state index contributed by atoms with van der Waals surface area (Å²) in [6, 6.07) is 13.4. The largest absolute Gasteiger partial charge is 0.508 e. The van der Waals surface area contributed by atoms with Crippen molar-refractivity contribution in [3.05, 3.63) is 64.2 Å². The van der Waals surface area contributed by atoms with E-state index in [1.165, 1.54) is 5.56 Å². The summed E-state index contributed by atoms with van der Waals surface area (Å²) in [7, 11) is 0. The predicted molar refractivity (Wildman–Crippen MR) is 122 cm³/mol. The number of amides is 1. The minimum atomic E-state index is -0.513. The third-order valence-corrected chi connectivity index (χ3v) is 6.29. The molecule has 31 heavy (non-hydrogen) atoms. The maximum absolute atomic E-state index is 12.2. The first-order valence-electron chi connectivity index (χ1n) is 10.7. The topological polar surface area (TPSA) is 74.2 Å². The molecule has 1 amide bonds. The van der Waals surface area contributed by atoms with Crippen molar-refractivity contribution >= 4 is 23.4 Å². The average molecular weight is 442 g/mol. The summed E-state index contributed by atoms with van der Waals surface area (Å²) in [6.45, 7) is 5.36. The number of rotatable bonds is 3. The summed E-state index contributed by atoms with van der Waals surface area (Å²) in [5.74, 6) is 0.214. The molecule has 1 saturated heterocycles. The minimum absolute atomic E-state index is 0.137. The maximum Gasteiger partial charge on any atom is 0.409 e. The molecular formula is C24H28ClN3O3. The third-order valence-electron chi connectivity index (χ3n) is 6.06. The lowest BCUT2D eigenvalue weighted by molar-refractivity contribution is 0.0778. The van der Waals surface area contributed by atoms with Gasteiger partial charge in [0.15, 0.2) is 0 Å². The van der Waals surface area contributed by atoms with E-state index in [2.05, 4.69) is 36.5 Å². The first-order valence-corrected chi connectivity index (χ1v) is 11.1. The Morgan fingerprint density at radius 2 is 1.97 bits per heavy atom. The molecule has 1 spiro atoms. The second-order valence-corrected chi connectivity index (χ2v) is 8.68. The van der Waals surface area contributed by atoms with Crippen molar-refractivity contribution in [2.75, 3.05) is 19.7 Å². The predicted octanol–water partition coefficient (Wildman–Crippen LogP) is 4.83. The number of nitrogens with zero attached hydrogens (tertiary/aromatic N) is 2. The highest BCUT2D eigenvalue weighted by molar-refractivity contribution is 6.30. The van der Waals surface area contributed by atoms with Crippen LogP contribution in [0.3, 0.4) is 0 Å². The Hall–Kier alpha value is -2.57. The van der Waals surface area contributed by atoms with E-state index in [1.54, 1.807) is 17.0 Å². The molecule has 1 atom stereocenters. The van der Waals surface area contributed by atoms with Crippen molar-refractivity contribution in [2.24, 2.45) is 4.99 Å². The van der Waals surface area contributed by atoms with Crippen LogP contribution in [0.25, 0.3) is 0 Å². The number of benzene rings is 2. The number of carbonyl (C=O) groups excluding carboxylic acids is 1. The Morgan fingerprint density at radius 3 is 2.65 bits per heavy atom. The summed E-state index contributed by atoms with van der Waals surface area (Å²) < 4.78 is 5.16. The van der Waals surface area contributed by atoms with Crippen molar-refractivity contribution in [2.45, 2.75) is 44.8 Å². The van der Waals surface area contributed by atoms with E-state index in [0.29, 0.717) is 44.0 Å². The minimum Gasteiger partial charge on any atom is -0.508 e. The monoisotopic (exact) mass is 441 g/mol. The van der Waals surface area contributed by atoms with Crippen molar-refractivity contribution in [1.82, 2.24) is 10.2 Å². The van der Waals surface area contributed by atoms with Crippen molar-refractivity contribution in [3.63, 3.8) is 0 Å². The second-order valence-electron chi connectivity index (χ2n) is 8.25. The van der Waals surface area contributed by atoms with E-state index in [0.717, 1.165) is 16.8 Å². The van der Waals surface area contributed by atoms with Gasteiger partial charge in [-0.25, -0.2) is 4.79 Å². The van der Waals surface area contributed by atoms with Gasteiger partial charge >= 0.3 is 6.09 Å². The zero-order valence-electron chi connectivity index (χ0n) is 17.9. The molecule has 2 aromatic rings. The van der Waals surface area contributed by atoms with Gasteiger partial charge in [-0.3, -0.25) is 10.3 Å². The zero-order valence-corrected chi connectivity index (χ0v) is 18.7. The molecule has 0 aliphatic carbocycles. The lowest BCUT2D eigenvalue weighted by atomic mass is 9.87. The SMILES string of the molecule is CCOC(=O)N1CCC2(CC1)N=C(c1ccc(C)cc1)C[C@H](c1cc(Cl)ccc1O)N2. The Morgan fingerprint density at radius 1 is 1.26 bits per heavy atom. The van der Waals surface area contributed by atoms with Gasteiger partial charge in [0.2, 0.25) is 0 Å². The fourth-order valence-corrected chi connectivity index (χ4v) is 4.54.